The molecule has 0 radical (unpaired) electrons. The van der Waals surface area contributed by atoms with Crippen LogP contribution >= 0.6 is 11.3 Å². The number of anilines is 1. The van der Waals surface area contributed by atoms with Crippen molar-refractivity contribution in [1.82, 2.24) is 9.55 Å². The molecule has 144 valence electrons. The van der Waals surface area contributed by atoms with E-state index in [9.17, 15) is 9.59 Å². The van der Waals surface area contributed by atoms with Crippen LogP contribution in [0.25, 0.3) is 0 Å². The molecule has 0 aliphatic carbocycles. The number of hydrogen-bond acceptors (Lipinski definition) is 5. The maximum Gasteiger partial charge on any atom is 0.419 e. The minimum Gasteiger partial charge on any atom is -0.444 e. The standard InChI is InChI=1S/C21H21N3O3S/c1-15-12-16(5-6-17(15)13-27-21(26)23-10-8-22-14-23)20(25)24-9-3-2-4-19-18(24)7-11-28-19/h5-8,10-12,14H,2-4,9,13H2,1H3. The van der Waals surface area contributed by atoms with Crippen LogP contribution in [0.5, 0.6) is 0 Å². The summed E-state index contributed by atoms with van der Waals surface area (Å²) in [4.78, 5) is 32.1. The van der Waals surface area contributed by atoms with Gasteiger partial charge in [0.05, 0.1) is 5.69 Å². The van der Waals surface area contributed by atoms with E-state index >= 15 is 0 Å². The van der Waals surface area contributed by atoms with Gasteiger partial charge in [0.15, 0.2) is 0 Å². The van der Waals surface area contributed by atoms with Gasteiger partial charge in [-0.05, 0) is 60.9 Å². The van der Waals surface area contributed by atoms with Crippen LogP contribution < -0.4 is 4.90 Å². The van der Waals surface area contributed by atoms with Crippen molar-refractivity contribution in [2.45, 2.75) is 32.8 Å². The van der Waals surface area contributed by atoms with Gasteiger partial charge in [-0.1, -0.05) is 6.07 Å². The maximum absolute atomic E-state index is 13.1. The van der Waals surface area contributed by atoms with Crippen LogP contribution in [0.3, 0.4) is 0 Å². The van der Waals surface area contributed by atoms with E-state index < -0.39 is 6.09 Å². The fourth-order valence-corrected chi connectivity index (χ4v) is 4.30. The molecule has 4 rings (SSSR count). The monoisotopic (exact) mass is 395 g/mol. The molecule has 0 bridgehead atoms. The van der Waals surface area contributed by atoms with E-state index in [0.29, 0.717) is 5.56 Å². The summed E-state index contributed by atoms with van der Waals surface area (Å²) in [5.74, 6) is 0.0200. The van der Waals surface area contributed by atoms with Gasteiger partial charge in [-0.25, -0.2) is 14.3 Å². The fraction of sp³-hybridized carbons (Fsp3) is 0.286. The summed E-state index contributed by atoms with van der Waals surface area (Å²) in [7, 11) is 0. The van der Waals surface area contributed by atoms with E-state index in [1.165, 1.54) is 28.2 Å². The number of nitrogens with zero attached hydrogens (tertiary/aromatic N) is 3. The summed E-state index contributed by atoms with van der Waals surface area (Å²) in [6.45, 7) is 2.82. The number of benzene rings is 1. The van der Waals surface area contributed by atoms with E-state index in [1.807, 2.05) is 36.1 Å². The molecule has 0 unspecified atom stereocenters. The zero-order valence-electron chi connectivity index (χ0n) is 15.6. The third-order valence-corrected chi connectivity index (χ3v) is 5.92. The van der Waals surface area contributed by atoms with Crippen molar-refractivity contribution in [2.75, 3.05) is 11.4 Å². The summed E-state index contributed by atoms with van der Waals surface area (Å²) in [5.41, 5.74) is 3.49. The average molecular weight is 395 g/mol. The van der Waals surface area contributed by atoms with Gasteiger partial charge < -0.3 is 9.64 Å². The largest absolute Gasteiger partial charge is 0.444 e. The number of hydrogen-bond donors (Lipinski definition) is 0. The van der Waals surface area contributed by atoms with Crippen LogP contribution in [0.1, 0.15) is 39.2 Å². The zero-order chi connectivity index (χ0) is 19.5. The smallest absolute Gasteiger partial charge is 0.419 e. The Morgan fingerprint density at radius 3 is 2.93 bits per heavy atom. The molecular weight excluding hydrogens is 374 g/mol. The Hall–Kier alpha value is -2.93. The normalized spacial score (nSPS) is 13.7. The number of thiophene rings is 1. The molecule has 3 aromatic rings. The Balaban J connectivity index is 1.48. The number of fused-ring (bicyclic) bond motifs is 1. The fourth-order valence-electron chi connectivity index (χ4n) is 3.38. The van der Waals surface area contributed by atoms with Gasteiger partial charge in [-0.2, -0.15) is 0 Å². The van der Waals surface area contributed by atoms with E-state index in [4.69, 9.17) is 4.74 Å². The predicted molar refractivity (Wildman–Crippen MR) is 108 cm³/mol. The van der Waals surface area contributed by atoms with Crippen molar-refractivity contribution in [1.29, 1.82) is 0 Å². The van der Waals surface area contributed by atoms with Gasteiger partial charge >= 0.3 is 6.09 Å². The molecule has 0 atom stereocenters. The van der Waals surface area contributed by atoms with Crippen molar-refractivity contribution in [3.8, 4) is 0 Å². The number of aryl methyl sites for hydroxylation is 2. The lowest BCUT2D eigenvalue weighted by molar-refractivity contribution is 0.0986. The quantitative estimate of drug-likeness (QED) is 0.658. The molecule has 0 saturated carbocycles. The van der Waals surface area contributed by atoms with Gasteiger partial charge in [-0.15, -0.1) is 11.3 Å². The van der Waals surface area contributed by atoms with Crippen LogP contribution in [0.2, 0.25) is 0 Å². The molecule has 1 aliphatic heterocycles. The Morgan fingerprint density at radius 1 is 1.25 bits per heavy atom. The second-order valence-corrected chi connectivity index (χ2v) is 7.81. The molecule has 7 heteroatoms. The molecule has 28 heavy (non-hydrogen) atoms. The van der Waals surface area contributed by atoms with E-state index in [1.54, 1.807) is 11.3 Å². The summed E-state index contributed by atoms with van der Waals surface area (Å²) < 4.78 is 6.60. The molecule has 3 heterocycles. The minimum atomic E-state index is -0.480. The van der Waals surface area contributed by atoms with Crippen LogP contribution in [0, 0.1) is 6.92 Å². The molecule has 0 spiro atoms. The molecule has 1 aromatic carbocycles. The topological polar surface area (TPSA) is 64.4 Å². The van der Waals surface area contributed by atoms with Gasteiger partial charge in [-0.3, -0.25) is 4.79 Å². The van der Waals surface area contributed by atoms with E-state index in [-0.39, 0.29) is 12.5 Å². The van der Waals surface area contributed by atoms with Gasteiger partial charge in [0, 0.05) is 29.4 Å². The molecule has 0 saturated heterocycles. The number of ether oxygens (including phenoxy) is 1. The second kappa shape index (κ2) is 7.98. The van der Waals surface area contributed by atoms with Crippen LogP contribution in [0.4, 0.5) is 10.5 Å². The zero-order valence-corrected chi connectivity index (χ0v) is 16.4. The third kappa shape index (κ3) is 3.71. The first-order chi connectivity index (χ1) is 13.6. The second-order valence-electron chi connectivity index (χ2n) is 6.81. The summed E-state index contributed by atoms with van der Waals surface area (Å²) >= 11 is 1.72. The number of amides is 1. The first-order valence-electron chi connectivity index (χ1n) is 9.26. The van der Waals surface area contributed by atoms with Crippen LogP contribution in [-0.4, -0.2) is 28.1 Å². The Labute approximate surface area is 167 Å². The first kappa shape index (κ1) is 18.4. The number of carbonyl (C=O) groups is 2. The number of rotatable bonds is 3. The number of carbonyl (C=O) groups excluding carboxylic acids is 2. The van der Waals surface area contributed by atoms with Crippen LogP contribution in [0.15, 0.2) is 48.4 Å². The third-order valence-electron chi connectivity index (χ3n) is 4.95. The van der Waals surface area contributed by atoms with Crippen molar-refractivity contribution in [3.05, 3.63) is 69.9 Å². The molecule has 1 aliphatic rings. The predicted octanol–water partition coefficient (Wildman–Crippen LogP) is 4.42. The lowest BCUT2D eigenvalue weighted by atomic mass is 10.0. The Morgan fingerprint density at radius 2 is 2.14 bits per heavy atom. The molecule has 0 N–H and O–H groups in total. The van der Waals surface area contributed by atoms with Crippen LogP contribution in [-0.2, 0) is 17.8 Å². The molecule has 1 amide bonds. The molecule has 6 nitrogen and oxygen atoms in total. The Bertz CT molecular complexity index is 994. The highest BCUT2D eigenvalue weighted by Gasteiger charge is 2.23. The van der Waals surface area contributed by atoms with Gasteiger partial charge in [0.1, 0.15) is 12.9 Å². The van der Waals surface area contributed by atoms with Gasteiger partial charge in [0.25, 0.3) is 5.91 Å². The summed E-state index contributed by atoms with van der Waals surface area (Å²) in [6, 6.07) is 7.59. The van der Waals surface area contributed by atoms with Crippen molar-refractivity contribution in [2.24, 2.45) is 0 Å². The Kier molecular flexibility index (Phi) is 5.25. The number of aromatic nitrogens is 2. The van der Waals surface area contributed by atoms with Crippen molar-refractivity contribution < 1.29 is 14.3 Å². The van der Waals surface area contributed by atoms with Crippen molar-refractivity contribution in [3.63, 3.8) is 0 Å². The summed E-state index contributed by atoms with van der Waals surface area (Å²) in [5, 5.41) is 2.05. The summed E-state index contributed by atoms with van der Waals surface area (Å²) in [6.07, 6.45) is 7.14. The highest BCUT2D eigenvalue weighted by Crippen LogP contribution is 2.32. The van der Waals surface area contributed by atoms with E-state index in [0.717, 1.165) is 42.6 Å². The number of imidazole rings is 1. The SMILES string of the molecule is Cc1cc(C(=O)N2CCCCc3sccc32)ccc1COC(=O)n1ccnc1. The minimum absolute atomic E-state index is 0.0200. The van der Waals surface area contributed by atoms with E-state index in [2.05, 4.69) is 10.4 Å². The van der Waals surface area contributed by atoms with Gasteiger partial charge in [0.2, 0.25) is 0 Å². The highest BCUT2D eigenvalue weighted by atomic mass is 32.1. The van der Waals surface area contributed by atoms with Crippen molar-refractivity contribution >= 4 is 29.0 Å². The molecule has 0 fully saturated rings. The molecule has 2 aromatic heterocycles. The maximum atomic E-state index is 13.1. The first-order valence-corrected chi connectivity index (χ1v) is 10.1. The lowest BCUT2D eigenvalue weighted by Gasteiger charge is -2.21. The lowest BCUT2D eigenvalue weighted by Crippen LogP contribution is -2.31. The molecular formula is C21H21N3O3S. The highest BCUT2D eigenvalue weighted by molar-refractivity contribution is 7.10. The average Bonchev–Trinajstić information content (AvgIpc) is 3.36.